The van der Waals surface area contributed by atoms with Crippen molar-refractivity contribution in [2.45, 2.75) is 44.0 Å². The van der Waals surface area contributed by atoms with Gasteiger partial charge in [-0.15, -0.1) is 11.6 Å². The monoisotopic (exact) mass is 480 g/mol. The van der Waals surface area contributed by atoms with Gasteiger partial charge in [0.2, 0.25) is 0 Å². The highest BCUT2D eigenvalue weighted by molar-refractivity contribution is 6.21. The van der Waals surface area contributed by atoms with Crippen molar-refractivity contribution in [3.8, 4) is 0 Å². The third kappa shape index (κ3) is 4.66. The summed E-state index contributed by atoms with van der Waals surface area (Å²) in [5, 5.41) is 0.451. The number of nitrogens with zero attached hydrogens (tertiary/aromatic N) is 3. The number of aromatic amines is 1. The zero-order valence-electron chi connectivity index (χ0n) is 19.8. The van der Waals surface area contributed by atoms with E-state index in [0.717, 1.165) is 55.8 Å². The lowest BCUT2D eigenvalue weighted by Crippen LogP contribution is -2.45. The first-order valence-corrected chi connectivity index (χ1v) is 12.9. The van der Waals surface area contributed by atoms with Crippen LogP contribution in [-0.4, -0.2) is 47.7 Å². The molecule has 1 aliphatic heterocycles. The molecule has 180 valence electrons. The van der Waals surface area contributed by atoms with Gasteiger partial charge in [-0.3, -0.25) is 14.3 Å². The van der Waals surface area contributed by atoms with Crippen molar-refractivity contribution in [3.63, 3.8) is 0 Å². The largest absolute Gasteiger partial charge is 0.368 e. The van der Waals surface area contributed by atoms with Gasteiger partial charge in [-0.2, -0.15) is 0 Å². The van der Waals surface area contributed by atoms with Crippen molar-refractivity contribution in [1.82, 2.24) is 14.5 Å². The first-order valence-electron chi connectivity index (χ1n) is 12.4. The Hall–Kier alpha value is -2.57. The van der Waals surface area contributed by atoms with Crippen molar-refractivity contribution in [1.29, 1.82) is 0 Å². The van der Waals surface area contributed by atoms with Crippen LogP contribution in [0.3, 0.4) is 0 Å². The summed E-state index contributed by atoms with van der Waals surface area (Å²) in [4.78, 5) is 33.4. The van der Waals surface area contributed by atoms with Gasteiger partial charge in [-0.25, -0.2) is 4.79 Å². The van der Waals surface area contributed by atoms with Gasteiger partial charge in [0.05, 0.1) is 28.5 Å². The molecule has 0 amide bonds. The van der Waals surface area contributed by atoms with Crippen molar-refractivity contribution in [3.05, 3.63) is 74.4 Å². The first kappa shape index (κ1) is 23.2. The molecule has 1 saturated heterocycles. The molecule has 1 atom stereocenters. The Kier molecular flexibility index (Phi) is 6.79. The summed E-state index contributed by atoms with van der Waals surface area (Å²) in [6, 6.07) is 14.0. The topological polar surface area (TPSA) is 61.3 Å². The van der Waals surface area contributed by atoms with Crippen LogP contribution >= 0.6 is 11.6 Å². The van der Waals surface area contributed by atoms with Gasteiger partial charge in [-0.1, -0.05) is 49.6 Å². The zero-order valence-corrected chi connectivity index (χ0v) is 20.6. The number of piperazine rings is 1. The molecular weight excluding hydrogens is 448 g/mol. The summed E-state index contributed by atoms with van der Waals surface area (Å²) in [5.74, 6) is 0.421. The number of halogens is 1. The highest BCUT2D eigenvalue weighted by Gasteiger charge is 2.27. The Morgan fingerprint density at radius 2 is 1.71 bits per heavy atom. The Bertz CT molecular complexity index is 1260. The summed E-state index contributed by atoms with van der Waals surface area (Å²) in [5.41, 5.74) is 2.89. The second kappa shape index (κ2) is 9.96. The highest BCUT2D eigenvalue weighted by atomic mass is 35.5. The molecule has 1 N–H and O–H groups in total. The van der Waals surface area contributed by atoms with E-state index in [2.05, 4.69) is 27.9 Å². The molecule has 6 nitrogen and oxygen atoms in total. The molecule has 7 heteroatoms. The van der Waals surface area contributed by atoms with Crippen LogP contribution in [0.1, 0.15) is 48.6 Å². The van der Waals surface area contributed by atoms with E-state index in [1.807, 2.05) is 36.4 Å². The van der Waals surface area contributed by atoms with E-state index in [-0.39, 0.29) is 16.6 Å². The lowest BCUT2D eigenvalue weighted by Gasteiger charge is -2.35. The third-order valence-corrected chi connectivity index (χ3v) is 8.12. The maximum atomic E-state index is 13.2. The van der Waals surface area contributed by atoms with Gasteiger partial charge in [0.1, 0.15) is 0 Å². The standard InChI is InChI=1S/C27H33ClN4O2/c1-30-12-14-31(15-13-30)22-16-21(25(28)20-10-6-3-7-11-20)17-23-24(22)26(33)29-27(34)32(23)18-19-8-4-2-5-9-19/h2,4-5,8-9,16-17,20,25H,3,6-7,10-15,18H2,1H3,(H,29,33,34). The molecule has 34 heavy (non-hydrogen) atoms. The van der Waals surface area contributed by atoms with Gasteiger partial charge in [0, 0.05) is 26.2 Å². The quantitative estimate of drug-likeness (QED) is 0.551. The molecule has 2 aliphatic rings. The molecule has 2 fully saturated rings. The number of benzene rings is 2. The minimum Gasteiger partial charge on any atom is -0.368 e. The van der Waals surface area contributed by atoms with Crippen LogP contribution in [0.25, 0.3) is 10.9 Å². The van der Waals surface area contributed by atoms with Crippen molar-refractivity contribution in [2.75, 3.05) is 38.1 Å². The molecule has 0 radical (unpaired) electrons. The second-order valence-corrected chi connectivity index (χ2v) is 10.3. The Morgan fingerprint density at radius 3 is 2.41 bits per heavy atom. The SMILES string of the molecule is CN1CCN(c2cc(C(Cl)C3CCCCC3)cc3c2c(=O)[nH]c(=O)n3Cc2ccccc2)CC1. The summed E-state index contributed by atoms with van der Waals surface area (Å²) in [6.07, 6.45) is 5.96. The molecule has 1 aromatic heterocycles. The number of rotatable bonds is 5. The third-order valence-electron chi connectivity index (χ3n) is 7.51. The highest BCUT2D eigenvalue weighted by Crippen LogP contribution is 2.41. The fourth-order valence-electron chi connectivity index (χ4n) is 5.49. The number of nitrogens with one attached hydrogen (secondary N) is 1. The lowest BCUT2D eigenvalue weighted by atomic mass is 9.84. The fraction of sp³-hybridized carbons (Fsp3) is 0.481. The van der Waals surface area contributed by atoms with E-state index >= 15 is 0 Å². The van der Waals surface area contributed by atoms with E-state index in [0.29, 0.717) is 23.4 Å². The number of fused-ring (bicyclic) bond motifs is 1. The number of anilines is 1. The van der Waals surface area contributed by atoms with Gasteiger partial charge in [-0.05, 0) is 49.1 Å². The molecular formula is C27H33ClN4O2. The average Bonchev–Trinajstić information content (AvgIpc) is 2.87. The smallest absolute Gasteiger partial charge is 0.329 e. The molecule has 0 bridgehead atoms. The van der Waals surface area contributed by atoms with Crippen LogP contribution in [0.15, 0.2) is 52.1 Å². The normalized spacial score (nSPS) is 18.9. The number of hydrogen-bond acceptors (Lipinski definition) is 4. The zero-order chi connectivity index (χ0) is 23.7. The number of hydrogen-bond donors (Lipinski definition) is 1. The van der Waals surface area contributed by atoms with E-state index in [1.54, 1.807) is 4.57 Å². The molecule has 2 heterocycles. The molecule has 1 unspecified atom stereocenters. The summed E-state index contributed by atoms with van der Waals surface area (Å²) < 4.78 is 1.69. The van der Waals surface area contributed by atoms with Crippen LogP contribution in [0.4, 0.5) is 5.69 Å². The second-order valence-electron chi connectivity index (χ2n) is 9.86. The molecule has 1 saturated carbocycles. The molecule has 3 aromatic rings. The van der Waals surface area contributed by atoms with Crippen LogP contribution < -0.4 is 16.1 Å². The van der Waals surface area contributed by atoms with Crippen molar-refractivity contribution in [2.24, 2.45) is 5.92 Å². The van der Waals surface area contributed by atoms with Gasteiger partial charge in [0.15, 0.2) is 0 Å². The van der Waals surface area contributed by atoms with Crippen molar-refractivity contribution >= 4 is 28.2 Å². The maximum Gasteiger partial charge on any atom is 0.329 e. The summed E-state index contributed by atoms with van der Waals surface area (Å²) in [6.45, 7) is 3.93. The van der Waals surface area contributed by atoms with E-state index in [9.17, 15) is 9.59 Å². The van der Waals surface area contributed by atoms with Crippen LogP contribution in [0.5, 0.6) is 0 Å². The molecule has 5 rings (SSSR count). The van der Waals surface area contributed by atoms with E-state index < -0.39 is 0 Å². The number of H-pyrrole nitrogens is 1. The minimum atomic E-state index is -0.383. The number of aromatic nitrogens is 2. The Labute approximate surface area is 205 Å². The van der Waals surface area contributed by atoms with Gasteiger partial charge >= 0.3 is 5.69 Å². The molecule has 2 aromatic carbocycles. The fourth-order valence-corrected chi connectivity index (χ4v) is 5.87. The Morgan fingerprint density at radius 1 is 1.00 bits per heavy atom. The van der Waals surface area contributed by atoms with Gasteiger partial charge in [0.25, 0.3) is 5.56 Å². The predicted molar refractivity (Wildman–Crippen MR) is 139 cm³/mol. The van der Waals surface area contributed by atoms with Crippen LogP contribution in [0, 0.1) is 5.92 Å². The number of alkyl halides is 1. The Balaban J connectivity index is 1.68. The molecule has 0 spiro atoms. The summed E-state index contributed by atoms with van der Waals surface area (Å²) in [7, 11) is 2.12. The first-order chi connectivity index (χ1) is 16.5. The van der Waals surface area contributed by atoms with Crippen LogP contribution in [-0.2, 0) is 6.54 Å². The lowest BCUT2D eigenvalue weighted by molar-refractivity contribution is 0.313. The maximum absolute atomic E-state index is 13.2. The average molecular weight is 481 g/mol. The van der Waals surface area contributed by atoms with Gasteiger partial charge < -0.3 is 9.80 Å². The minimum absolute atomic E-state index is 0.129. The van der Waals surface area contributed by atoms with Crippen LogP contribution in [0.2, 0.25) is 0 Å². The summed E-state index contributed by atoms with van der Waals surface area (Å²) >= 11 is 7.11. The van der Waals surface area contributed by atoms with E-state index in [1.165, 1.54) is 19.3 Å². The van der Waals surface area contributed by atoms with E-state index in [4.69, 9.17) is 11.6 Å². The van der Waals surface area contributed by atoms with Crippen molar-refractivity contribution < 1.29 is 0 Å². The number of likely N-dealkylation sites (N-methyl/N-ethyl adjacent to an activating group) is 1. The predicted octanol–water partition coefficient (Wildman–Crippen LogP) is 4.35. The molecule has 1 aliphatic carbocycles.